The Morgan fingerprint density at radius 1 is 1.41 bits per heavy atom. The highest BCUT2D eigenvalue weighted by molar-refractivity contribution is 5.81. The number of hydrogen-bond acceptors (Lipinski definition) is 3. The van der Waals surface area contributed by atoms with Gasteiger partial charge >= 0.3 is 12.1 Å². The van der Waals surface area contributed by atoms with Crippen LogP contribution in [0.1, 0.15) is 18.4 Å². The van der Waals surface area contributed by atoms with Gasteiger partial charge < -0.3 is 10.0 Å². The van der Waals surface area contributed by atoms with Crippen molar-refractivity contribution in [3.8, 4) is 0 Å². The number of rotatable bonds is 4. The van der Waals surface area contributed by atoms with Crippen molar-refractivity contribution in [1.29, 1.82) is 0 Å². The fourth-order valence-electron chi connectivity index (χ4n) is 2.51. The van der Waals surface area contributed by atoms with Crippen molar-refractivity contribution in [1.82, 2.24) is 9.88 Å². The molecule has 0 radical (unpaired) electrons. The lowest BCUT2D eigenvalue weighted by atomic mass is 9.86. The van der Waals surface area contributed by atoms with Gasteiger partial charge in [0.2, 0.25) is 5.91 Å². The van der Waals surface area contributed by atoms with Crippen LogP contribution >= 0.6 is 0 Å². The summed E-state index contributed by atoms with van der Waals surface area (Å²) in [6.07, 6.45) is -1.94. The maximum Gasteiger partial charge on any atom is 0.406 e. The minimum absolute atomic E-state index is 0.0270. The van der Waals surface area contributed by atoms with Crippen LogP contribution in [-0.2, 0) is 16.0 Å². The molecule has 22 heavy (non-hydrogen) atoms. The molecule has 8 heteroatoms. The minimum atomic E-state index is -4.88. The number of likely N-dealkylation sites (tertiary alicyclic amines) is 1. The van der Waals surface area contributed by atoms with Gasteiger partial charge in [-0.05, 0) is 24.5 Å². The molecule has 1 N–H and O–H groups in total. The van der Waals surface area contributed by atoms with Crippen LogP contribution in [0.3, 0.4) is 0 Å². The Kier molecular flexibility index (Phi) is 4.39. The molecule has 1 amide bonds. The van der Waals surface area contributed by atoms with Crippen LogP contribution in [0.5, 0.6) is 0 Å². The maximum absolute atomic E-state index is 13.0. The number of alkyl halides is 3. The first-order chi connectivity index (χ1) is 10.3. The van der Waals surface area contributed by atoms with Crippen LogP contribution in [-0.4, -0.2) is 46.1 Å². The van der Waals surface area contributed by atoms with Gasteiger partial charge in [0.25, 0.3) is 0 Å². The third-order valence-corrected chi connectivity index (χ3v) is 3.92. The number of carbonyl (C=O) groups is 2. The number of hydrogen-bond donors (Lipinski definition) is 1. The number of nitrogens with zero attached hydrogens (tertiary/aromatic N) is 2. The maximum atomic E-state index is 13.0. The second-order valence-electron chi connectivity index (χ2n) is 5.31. The molecular weight excluding hydrogens is 301 g/mol. The molecule has 0 spiro atoms. The fourth-order valence-corrected chi connectivity index (χ4v) is 2.51. The van der Waals surface area contributed by atoms with E-state index in [1.807, 2.05) is 0 Å². The Hall–Kier alpha value is -2.12. The number of pyridine rings is 1. The number of amides is 1. The zero-order chi connectivity index (χ0) is 16.4. The summed E-state index contributed by atoms with van der Waals surface area (Å²) in [7, 11) is 0. The van der Waals surface area contributed by atoms with E-state index in [0.717, 1.165) is 10.5 Å². The molecule has 1 aromatic heterocycles. The molecule has 0 bridgehead atoms. The van der Waals surface area contributed by atoms with Crippen LogP contribution in [0, 0.1) is 5.41 Å². The van der Waals surface area contributed by atoms with Crippen LogP contribution in [0.2, 0.25) is 0 Å². The van der Waals surface area contributed by atoms with Crippen molar-refractivity contribution in [3.63, 3.8) is 0 Å². The van der Waals surface area contributed by atoms with Crippen LogP contribution in [0.25, 0.3) is 0 Å². The van der Waals surface area contributed by atoms with Gasteiger partial charge in [-0.3, -0.25) is 14.6 Å². The van der Waals surface area contributed by atoms with Crippen molar-refractivity contribution in [2.45, 2.75) is 25.4 Å². The van der Waals surface area contributed by atoms with Gasteiger partial charge in [0, 0.05) is 31.9 Å². The molecular formula is C14H15F3N2O3. The van der Waals surface area contributed by atoms with Gasteiger partial charge in [0.1, 0.15) is 0 Å². The third-order valence-electron chi connectivity index (χ3n) is 3.92. The highest BCUT2D eigenvalue weighted by Crippen LogP contribution is 2.45. The van der Waals surface area contributed by atoms with Gasteiger partial charge in [0.05, 0.1) is 0 Å². The lowest BCUT2D eigenvalue weighted by Gasteiger charge is -2.27. The average molecular weight is 316 g/mol. The quantitative estimate of drug-likeness (QED) is 0.921. The fraction of sp³-hybridized carbons (Fsp3) is 0.500. The van der Waals surface area contributed by atoms with E-state index in [-0.39, 0.29) is 13.0 Å². The predicted molar refractivity (Wildman–Crippen MR) is 69.9 cm³/mol. The van der Waals surface area contributed by atoms with E-state index in [4.69, 9.17) is 5.11 Å². The number of carboxylic acids is 1. The Bertz CT molecular complexity index is 562. The molecule has 2 heterocycles. The summed E-state index contributed by atoms with van der Waals surface area (Å²) in [6, 6.07) is 3.47. The molecule has 0 aliphatic carbocycles. The second kappa shape index (κ2) is 5.94. The van der Waals surface area contributed by atoms with E-state index in [1.54, 1.807) is 24.5 Å². The van der Waals surface area contributed by atoms with Crippen molar-refractivity contribution < 1.29 is 27.9 Å². The van der Waals surface area contributed by atoms with Gasteiger partial charge in [-0.15, -0.1) is 0 Å². The van der Waals surface area contributed by atoms with Crippen molar-refractivity contribution in [2.24, 2.45) is 5.41 Å². The van der Waals surface area contributed by atoms with Gasteiger partial charge in [-0.25, -0.2) is 0 Å². The molecule has 5 nitrogen and oxygen atoms in total. The topological polar surface area (TPSA) is 70.5 Å². The highest BCUT2D eigenvalue weighted by atomic mass is 19.4. The molecule has 1 fully saturated rings. The summed E-state index contributed by atoms with van der Waals surface area (Å²) in [5, 5.41) is 8.94. The monoisotopic (exact) mass is 316 g/mol. The number of aromatic nitrogens is 1. The Labute approximate surface area is 124 Å². The lowest BCUT2D eigenvalue weighted by molar-refractivity contribution is -0.227. The number of carbonyl (C=O) groups excluding carboxylic acids is 1. The SMILES string of the molecule is O=C(CCc1cccnc1)N1CCC(C(=O)O)(C(F)(F)F)C1. The van der Waals surface area contributed by atoms with E-state index in [1.165, 1.54) is 0 Å². The van der Waals surface area contributed by atoms with Gasteiger partial charge in [0.15, 0.2) is 5.41 Å². The summed E-state index contributed by atoms with van der Waals surface area (Å²) in [5.74, 6) is -2.40. The van der Waals surface area contributed by atoms with E-state index < -0.39 is 36.4 Å². The second-order valence-corrected chi connectivity index (χ2v) is 5.31. The molecule has 1 saturated heterocycles. The summed E-state index contributed by atoms with van der Waals surface area (Å²) in [6.45, 7) is -1.02. The average Bonchev–Trinajstić information content (AvgIpc) is 2.92. The van der Waals surface area contributed by atoms with E-state index in [2.05, 4.69) is 4.98 Å². The number of carboxylic acid groups (broad SMARTS) is 1. The standard InChI is InChI=1S/C14H15F3N2O3/c15-14(16,17)13(12(21)22)5-7-19(9-13)11(20)4-3-10-2-1-6-18-8-10/h1-2,6,8H,3-5,7,9H2,(H,21,22). The van der Waals surface area contributed by atoms with E-state index in [0.29, 0.717) is 6.42 Å². The molecule has 1 unspecified atom stereocenters. The normalized spacial score (nSPS) is 21.9. The smallest absolute Gasteiger partial charge is 0.406 e. The molecule has 0 aromatic carbocycles. The third kappa shape index (κ3) is 3.05. The Balaban J connectivity index is 2.00. The minimum Gasteiger partial charge on any atom is -0.481 e. The first-order valence-corrected chi connectivity index (χ1v) is 6.73. The van der Waals surface area contributed by atoms with Crippen molar-refractivity contribution >= 4 is 11.9 Å². The molecule has 1 aromatic rings. The van der Waals surface area contributed by atoms with E-state index >= 15 is 0 Å². The largest absolute Gasteiger partial charge is 0.481 e. The first-order valence-electron chi connectivity index (χ1n) is 6.73. The first kappa shape index (κ1) is 16.3. The zero-order valence-corrected chi connectivity index (χ0v) is 11.6. The lowest BCUT2D eigenvalue weighted by Crippen LogP contribution is -2.47. The summed E-state index contributed by atoms with van der Waals surface area (Å²) >= 11 is 0. The van der Waals surface area contributed by atoms with Crippen LogP contribution in [0.4, 0.5) is 13.2 Å². The summed E-state index contributed by atoms with van der Waals surface area (Å²) in [4.78, 5) is 27.9. The van der Waals surface area contributed by atoms with Crippen molar-refractivity contribution in [2.75, 3.05) is 13.1 Å². The van der Waals surface area contributed by atoms with Crippen LogP contribution in [0.15, 0.2) is 24.5 Å². The molecule has 1 aliphatic heterocycles. The molecule has 0 saturated carbocycles. The molecule has 120 valence electrons. The summed E-state index contributed by atoms with van der Waals surface area (Å²) in [5.41, 5.74) is -2.05. The molecule has 2 rings (SSSR count). The van der Waals surface area contributed by atoms with E-state index in [9.17, 15) is 22.8 Å². The Morgan fingerprint density at radius 3 is 2.64 bits per heavy atom. The van der Waals surface area contributed by atoms with Gasteiger partial charge in [-0.1, -0.05) is 6.07 Å². The summed E-state index contributed by atoms with van der Waals surface area (Å²) < 4.78 is 39.1. The Morgan fingerprint density at radius 2 is 2.14 bits per heavy atom. The zero-order valence-electron chi connectivity index (χ0n) is 11.6. The number of aliphatic carboxylic acids is 1. The predicted octanol–water partition coefficient (Wildman–Crippen LogP) is 1.88. The van der Waals surface area contributed by atoms with Crippen LogP contribution < -0.4 is 0 Å². The number of aryl methyl sites for hydroxylation is 1. The highest BCUT2D eigenvalue weighted by Gasteiger charge is 2.64. The van der Waals surface area contributed by atoms with Crippen molar-refractivity contribution in [3.05, 3.63) is 30.1 Å². The molecule has 1 aliphatic rings. The molecule has 1 atom stereocenters. The number of halogens is 3. The van der Waals surface area contributed by atoms with Gasteiger partial charge in [-0.2, -0.15) is 13.2 Å².